The van der Waals surface area contributed by atoms with Crippen LogP contribution in [0.2, 0.25) is 0 Å². The molecule has 0 aliphatic rings. The van der Waals surface area contributed by atoms with Crippen molar-refractivity contribution in [1.29, 1.82) is 0 Å². The zero-order valence-electron chi connectivity index (χ0n) is 11.9. The number of likely N-dealkylation sites (N-methyl/N-ethyl adjacent to an activating group) is 1. The molecule has 0 aromatic carbocycles. The Morgan fingerprint density at radius 3 is 2.84 bits per heavy atom. The third kappa shape index (κ3) is 4.36. The summed E-state index contributed by atoms with van der Waals surface area (Å²) in [6.07, 6.45) is 1.48. The molecule has 106 valence electrons. The van der Waals surface area contributed by atoms with Crippen molar-refractivity contribution in [3.8, 4) is 0 Å². The first-order chi connectivity index (χ1) is 9.10. The molecule has 7 nitrogen and oxygen atoms in total. The van der Waals surface area contributed by atoms with Crippen LogP contribution in [0.3, 0.4) is 0 Å². The predicted octanol–water partition coefficient (Wildman–Crippen LogP) is 0.0255. The summed E-state index contributed by atoms with van der Waals surface area (Å²) in [5.41, 5.74) is 0.914. The van der Waals surface area contributed by atoms with E-state index < -0.39 is 0 Å². The van der Waals surface area contributed by atoms with Crippen molar-refractivity contribution >= 4 is 17.5 Å². The second-order valence-corrected chi connectivity index (χ2v) is 4.12. The third-order valence-corrected chi connectivity index (χ3v) is 2.66. The third-order valence-electron chi connectivity index (χ3n) is 2.66. The maximum absolute atomic E-state index is 11.7. The van der Waals surface area contributed by atoms with E-state index >= 15 is 0 Å². The lowest BCUT2D eigenvalue weighted by Crippen LogP contribution is -2.37. The molecule has 0 atom stereocenters. The maximum Gasteiger partial charge on any atom is 0.239 e. The first-order valence-corrected chi connectivity index (χ1v) is 6.06. The van der Waals surface area contributed by atoms with Crippen LogP contribution in [-0.2, 0) is 9.53 Å². The monoisotopic (exact) mass is 267 g/mol. The number of carbonyl (C=O) groups is 1. The van der Waals surface area contributed by atoms with Crippen molar-refractivity contribution in [2.24, 2.45) is 0 Å². The second kappa shape index (κ2) is 7.52. The smallest absolute Gasteiger partial charge is 0.239 e. The molecule has 1 aromatic rings. The number of ether oxygens (including phenoxy) is 1. The SMILES string of the molecule is CNc1ncnc(N(C)CC(=O)NCCOC)c1C. The lowest BCUT2D eigenvalue weighted by molar-refractivity contribution is -0.119. The summed E-state index contributed by atoms with van der Waals surface area (Å²) in [5, 5.41) is 5.76. The Balaban J connectivity index is 2.62. The summed E-state index contributed by atoms with van der Waals surface area (Å²) in [5.74, 6) is 1.43. The molecule has 0 radical (unpaired) electrons. The molecule has 1 aromatic heterocycles. The Hall–Kier alpha value is -1.89. The summed E-state index contributed by atoms with van der Waals surface area (Å²) in [4.78, 5) is 21.8. The molecule has 0 saturated carbocycles. The van der Waals surface area contributed by atoms with E-state index in [2.05, 4.69) is 20.6 Å². The minimum absolute atomic E-state index is 0.0661. The molecular weight excluding hydrogens is 246 g/mol. The van der Waals surface area contributed by atoms with Crippen LogP contribution in [0.4, 0.5) is 11.6 Å². The molecule has 1 heterocycles. The van der Waals surface area contributed by atoms with E-state index in [0.717, 1.165) is 17.2 Å². The molecule has 0 unspecified atom stereocenters. The number of rotatable bonds is 7. The number of hydrogen-bond acceptors (Lipinski definition) is 6. The van der Waals surface area contributed by atoms with E-state index in [1.165, 1.54) is 6.33 Å². The van der Waals surface area contributed by atoms with Gasteiger partial charge in [0.1, 0.15) is 18.0 Å². The molecule has 0 spiro atoms. The fourth-order valence-corrected chi connectivity index (χ4v) is 1.72. The molecule has 0 bridgehead atoms. The molecule has 7 heteroatoms. The molecule has 1 amide bonds. The van der Waals surface area contributed by atoms with E-state index in [9.17, 15) is 4.79 Å². The van der Waals surface area contributed by atoms with Gasteiger partial charge in [0.15, 0.2) is 0 Å². The topological polar surface area (TPSA) is 79.4 Å². The molecule has 0 aliphatic carbocycles. The van der Waals surface area contributed by atoms with Crippen molar-refractivity contribution in [3.05, 3.63) is 11.9 Å². The normalized spacial score (nSPS) is 10.1. The quantitative estimate of drug-likeness (QED) is 0.678. The highest BCUT2D eigenvalue weighted by Crippen LogP contribution is 2.20. The van der Waals surface area contributed by atoms with E-state index in [1.807, 2.05) is 14.0 Å². The van der Waals surface area contributed by atoms with Gasteiger partial charge in [-0.05, 0) is 6.92 Å². The van der Waals surface area contributed by atoms with Crippen molar-refractivity contribution in [2.45, 2.75) is 6.92 Å². The van der Waals surface area contributed by atoms with Gasteiger partial charge in [0.25, 0.3) is 0 Å². The van der Waals surface area contributed by atoms with Crippen LogP contribution in [0.1, 0.15) is 5.56 Å². The lowest BCUT2D eigenvalue weighted by atomic mass is 10.3. The van der Waals surface area contributed by atoms with Crippen LogP contribution < -0.4 is 15.5 Å². The number of anilines is 2. The van der Waals surface area contributed by atoms with Crippen LogP contribution in [0.25, 0.3) is 0 Å². The Kier molecular flexibility index (Phi) is 6.01. The summed E-state index contributed by atoms with van der Waals surface area (Å²) >= 11 is 0. The number of hydrogen-bond donors (Lipinski definition) is 2. The van der Waals surface area contributed by atoms with Crippen LogP contribution in [0, 0.1) is 6.92 Å². The maximum atomic E-state index is 11.7. The Morgan fingerprint density at radius 1 is 1.47 bits per heavy atom. The Morgan fingerprint density at radius 2 is 2.21 bits per heavy atom. The predicted molar refractivity (Wildman–Crippen MR) is 74.5 cm³/mol. The number of methoxy groups -OCH3 is 1. The second-order valence-electron chi connectivity index (χ2n) is 4.12. The number of amides is 1. The highest BCUT2D eigenvalue weighted by atomic mass is 16.5. The average Bonchev–Trinajstić information content (AvgIpc) is 2.39. The van der Waals surface area contributed by atoms with E-state index in [4.69, 9.17) is 4.74 Å². The number of nitrogens with one attached hydrogen (secondary N) is 2. The zero-order valence-corrected chi connectivity index (χ0v) is 11.9. The summed E-state index contributed by atoms with van der Waals surface area (Å²) in [6, 6.07) is 0. The Bertz CT molecular complexity index is 425. The van der Waals surface area contributed by atoms with Crippen molar-refractivity contribution < 1.29 is 9.53 Å². The van der Waals surface area contributed by atoms with Gasteiger partial charge in [0.2, 0.25) is 5.91 Å². The molecule has 0 aliphatic heterocycles. The average molecular weight is 267 g/mol. The Labute approximate surface area is 113 Å². The minimum atomic E-state index is -0.0661. The van der Waals surface area contributed by atoms with Crippen molar-refractivity contribution in [1.82, 2.24) is 15.3 Å². The van der Waals surface area contributed by atoms with Gasteiger partial charge in [-0.1, -0.05) is 0 Å². The minimum Gasteiger partial charge on any atom is -0.383 e. The molecular formula is C12H21N5O2. The van der Waals surface area contributed by atoms with Crippen LogP contribution >= 0.6 is 0 Å². The van der Waals surface area contributed by atoms with Gasteiger partial charge in [-0.25, -0.2) is 9.97 Å². The molecule has 0 saturated heterocycles. The van der Waals surface area contributed by atoms with Gasteiger partial charge in [0, 0.05) is 33.3 Å². The van der Waals surface area contributed by atoms with Crippen LogP contribution in [0.15, 0.2) is 6.33 Å². The lowest BCUT2D eigenvalue weighted by Gasteiger charge is -2.20. The molecule has 1 rings (SSSR count). The van der Waals surface area contributed by atoms with Crippen molar-refractivity contribution in [3.63, 3.8) is 0 Å². The van der Waals surface area contributed by atoms with Crippen LogP contribution in [-0.4, -0.2) is 56.8 Å². The van der Waals surface area contributed by atoms with Gasteiger partial charge in [0.05, 0.1) is 13.2 Å². The molecule has 0 fully saturated rings. The molecule has 2 N–H and O–H groups in total. The first-order valence-electron chi connectivity index (χ1n) is 6.06. The zero-order chi connectivity index (χ0) is 14.3. The highest BCUT2D eigenvalue weighted by molar-refractivity contribution is 5.81. The number of carbonyl (C=O) groups excluding carboxylic acids is 1. The highest BCUT2D eigenvalue weighted by Gasteiger charge is 2.13. The number of aromatic nitrogens is 2. The fraction of sp³-hybridized carbons (Fsp3) is 0.583. The van der Waals surface area contributed by atoms with E-state index in [-0.39, 0.29) is 12.5 Å². The van der Waals surface area contributed by atoms with Crippen LogP contribution in [0.5, 0.6) is 0 Å². The largest absolute Gasteiger partial charge is 0.383 e. The standard InChI is InChI=1S/C12H21N5O2/c1-9-11(13-2)15-8-16-12(9)17(3)7-10(18)14-5-6-19-4/h8H,5-7H2,1-4H3,(H,14,18)(H,13,15,16). The van der Waals surface area contributed by atoms with Gasteiger partial charge in [-0.3, -0.25) is 4.79 Å². The number of nitrogens with zero attached hydrogens (tertiary/aromatic N) is 3. The summed E-state index contributed by atoms with van der Waals surface area (Å²) in [7, 11) is 5.23. The van der Waals surface area contributed by atoms with E-state index in [1.54, 1.807) is 19.1 Å². The summed E-state index contributed by atoms with van der Waals surface area (Å²) < 4.78 is 4.87. The van der Waals surface area contributed by atoms with Gasteiger partial charge in [-0.15, -0.1) is 0 Å². The van der Waals surface area contributed by atoms with Gasteiger partial charge in [-0.2, -0.15) is 0 Å². The van der Waals surface area contributed by atoms with Gasteiger partial charge >= 0.3 is 0 Å². The fourth-order valence-electron chi connectivity index (χ4n) is 1.72. The first kappa shape index (κ1) is 15.2. The van der Waals surface area contributed by atoms with Crippen molar-refractivity contribution in [2.75, 3.05) is 51.1 Å². The summed E-state index contributed by atoms with van der Waals surface area (Å²) in [6.45, 7) is 3.17. The molecule has 19 heavy (non-hydrogen) atoms. The van der Waals surface area contributed by atoms with E-state index in [0.29, 0.717) is 13.2 Å². The van der Waals surface area contributed by atoms with Gasteiger partial charge < -0.3 is 20.3 Å².